The van der Waals surface area contributed by atoms with Crippen molar-refractivity contribution in [3.05, 3.63) is 40.1 Å². The van der Waals surface area contributed by atoms with Gasteiger partial charge in [-0.1, -0.05) is 0 Å². The SMILES string of the molecule is CCOC(=O)N1CC=C(Nc2nc3ccc([N+](=O)[O-])cc3[nH]2)CC1. The summed E-state index contributed by atoms with van der Waals surface area (Å²) in [5.74, 6) is 0.515. The number of aromatic amines is 1. The van der Waals surface area contributed by atoms with E-state index in [1.807, 2.05) is 6.08 Å². The molecule has 2 N–H and O–H groups in total. The van der Waals surface area contributed by atoms with Gasteiger partial charge in [0.15, 0.2) is 0 Å². The Morgan fingerprint density at radius 2 is 2.38 bits per heavy atom. The van der Waals surface area contributed by atoms with Crippen LogP contribution in [0, 0.1) is 10.1 Å². The van der Waals surface area contributed by atoms with E-state index in [9.17, 15) is 14.9 Å². The third kappa shape index (κ3) is 3.29. The van der Waals surface area contributed by atoms with Gasteiger partial charge in [-0.05, 0) is 19.1 Å². The van der Waals surface area contributed by atoms with Gasteiger partial charge in [0.1, 0.15) is 0 Å². The number of fused-ring (bicyclic) bond motifs is 1. The summed E-state index contributed by atoms with van der Waals surface area (Å²) in [7, 11) is 0. The number of nitrogens with one attached hydrogen (secondary N) is 2. The van der Waals surface area contributed by atoms with Gasteiger partial charge in [0.2, 0.25) is 5.95 Å². The van der Waals surface area contributed by atoms with Gasteiger partial charge < -0.3 is 19.9 Å². The number of nitro groups is 1. The Hall–Kier alpha value is -3.10. The summed E-state index contributed by atoms with van der Waals surface area (Å²) in [6.07, 6.45) is 2.23. The molecular formula is C15H17N5O4. The predicted octanol–water partition coefficient (Wildman–Crippen LogP) is 2.63. The van der Waals surface area contributed by atoms with Crippen molar-refractivity contribution in [3.63, 3.8) is 0 Å². The normalized spacial score (nSPS) is 14.4. The van der Waals surface area contributed by atoms with E-state index in [2.05, 4.69) is 15.3 Å². The monoisotopic (exact) mass is 331 g/mol. The number of nitro benzene ring substituents is 1. The molecule has 0 bridgehead atoms. The van der Waals surface area contributed by atoms with Crippen molar-refractivity contribution >= 4 is 28.8 Å². The number of rotatable bonds is 4. The molecule has 0 aliphatic carbocycles. The van der Waals surface area contributed by atoms with Crippen LogP contribution < -0.4 is 5.32 Å². The molecular weight excluding hydrogens is 314 g/mol. The third-order valence-electron chi connectivity index (χ3n) is 3.69. The first-order chi connectivity index (χ1) is 11.6. The van der Waals surface area contributed by atoms with Crippen molar-refractivity contribution in [2.24, 2.45) is 0 Å². The van der Waals surface area contributed by atoms with E-state index >= 15 is 0 Å². The quantitative estimate of drug-likeness (QED) is 0.657. The molecule has 0 spiro atoms. The molecule has 2 aromatic rings. The van der Waals surface area contributed by atoms with Crippen LogP contribution in [-0.4, -0.2) is 45.6 Å². The van der Waals surface area contributed by atoms with Crippen LogP contribution in [0.3, 0.4) is 0 Å². The molecule has 1 aromatic heterocycles. The van der Waals surface area contributed by atoms with Gasteiger partial charge in [-0.2, -0.15) is 0 Å². The van der Waals surface area contributed by atoms with E-state index in [1.54, 1.807) is 17.9 Å². The Kier molecular flexibility index (Phi) is 4.32. The molecule has 0 saturated carbocycles. The number of non-ortho nitro benzene ring substituents is 1. The van der Waals surface area contributed by atoms with Crippen LogP contribution in [0.25, 0.3) is 11.0 Å². The lowest BCUT2D eigenvalue weighted by molar-refractivity contribution is -0.384. The first kappa shape index (κ1) is 15.8. The molecule has 126 valence electrons. The molecule has 0 radical (unpaired) electrons. The summed E-state index contributed by atoms with van der Waals surface area (Å²) in [6.45, 7) is 3.15. The Labute approximate surface area is 137 Å². The highest BCUT2D eigenvalue weighted by molar-refractivity contribution is 5.80. The van der Waals surface area contributed by atoms with E-state index in [1.165, 1.54) is 12.1 Å². The molecule has 0 unspecified atom stereocenters. The molecule has 9 nitrogen and oxygen atoms in total. The number of carbonyl (C=O) groups is 1. The van der Waals surface area contributed by atoms with Gasteiger partial charge in [-0.3, -0.25) is 10.1 Å². The molecule has 3 rings (SSSR count). The zero-order chi connectivity index (χ0) is 17.1. The summed E-state index contributed by atoms with van der Waals surface area (Å²) in [5.41, 5.74) is 2.19. The summed E-state index contributed by atoms with van der Waals surface area (Å²) in [6, 6.07) is 4.47. The van der Waals surface area contributed by atoms with Gasteiger partial charge in [0, 0.05) is 37.3 Å². The number of ether oxygens (including phenoxy) is 1. The summed E-state index contributed by atoms with van der Waals surface area (Å²) < 4.78 is 4.97. The molecule has 1 amide bonds. The van der Waals surface area contributed by atoms with Crippen molar-refractivity contribution in [2.75, 3.05) is 25.0 Å². The molecule has 0 atom stereocenters. The zero-order valence-electron chi connectivity index (χ0n) is 13.1. The average Bonchev–Trinajstić information content (AvgIpc) is 2.97. The largest absolute Gasteiger partial charge is 0.450 e. The summed E-state index contributed by atoms with van der Waals surface area (Å²) in [4.78, 5) is 31.0. The van der Waals surface area contributed by atoms with Gasteiger partial charge in [-0.15, -0.1) is 0 Å². The number of benzene rings is 1. The van der Waals surface area contributed by atoms with Gasteiger partial charge in [0.05, 0.1) is 22.6 Å². The number of aromatic nitrogens is 2. The van der Waals surface area contributed by atoms with Crippen LogP contribution in [0.15, 0.2) is 30.0 Å². The van der Waals surface area contributed by atoms with Crippen LogP contribution in [0.2, 0.25) is 0 Å². The molecule has 1 aliphatic rings. The molecule has 0 fully saturated rings. The fourth-order valence-electron chi connectivity index (χ4n) is 2.49. The van der Waals surface area contributed by atoms with Crippen molar-refractivity contribution in [1.82, 2.24) is 14.9 Å². The lowest BCUT2D eigenvalue weighted by atomic mass is 10.2. The molecule has 0 saturated heterocycles. The van der Waals surface area contributed by atoms with Gasteiger partial charge in [-0.25, -0.2) is 9.78 Å². The van der Waals surface area contributed by atoms with Crippen LogP contribution in [0.4, 0.5) is 16.4 Å². The van der Waals surface area contributed by atoms with E-state index in [0.717, 1.165) is 5.70 Å². The van der Waals surface area contributed by atoms with E-state index in [4.69, 9.17) is 4.74 Å². The van der Waals surface area contributed by atoms with Gasteiger partial charge in [0.25, 0.3) is 5.69 Å². The van der Waals surface area contributed by atoms with Crippen molar-refractivity contribution in [1.29, 1.82) is 0 Å². The highest BCUT2D eigenvalue weighted by Gasteiger charge is 2.18. The number of amides is 1. The minimum atomic E-state index is -0.443. The number of anilines is 1. The van der Waals surface area contributed by atoms with Crippen molar-refractivity contribution in [2.45, 2.75) is 13.3 Å². The number of imidazole rings is 1. The fraction of sp³-hybridized carbons (Fsp3) is 0.333. The number of hydrogen-bond acceptors (Lipinski definition) is 6. The van der Waals surface area contributed by atoms with Crippen molar-refractivity contribution < 1.29 is 14.5 Å². The lowest BCUT2D eigenvalue weighted by Crippen LogP contribution is -2.36. The standard InChI is InChI=1S/C15H17N5O4/c1-2-24-15(21)19-7-5-10(6-8-19)16-14-17-12-4-3-11(20(22)23)9-13(12)18-14/h3-5,9H,2,6-8H2,1H3,(H2,16,17,18). The van der Waals surface area contributed by atoms with Crippen LogP contribution in [0.1, 0.15) is 13.3 Å². The third-order valence-corrected chi connectivity index (χ3v) is 3.69. The maximum atomic E-state index is 11.6. The average molecular weight is 331 g/mol. The highest BCUT2D eigenvalue weighted by atomic mass is 16.6. The lowest BCUT2D eigenvalue weighted by Gasteiger charge is -2.25. The minimum absolute atomic E-state index is 0.0136. The highest BCUT2D eigenvalue weighted by Crippen LogP contribution is 2.22. The molecule has 1 aromatic carbocycles. The maximum absolute atomic E-state index is 11.6. The Morgan fingerprint density at radius 1 is 1.54 bits per heavy atom. The Bertz CT molecular complexity index is 813. The number of hydrogen-bond donors (Lipinski definition) is 2. The van der Waals surface area contributed by atoms with Crippen LogP contribution in [0.5, 0.6) is 0 Å². The number of H-pyrrole nitrogens is 1. The van der Waals surface area contributed by atoms with Gasteiger partial charge >= 0.3 is 6.09 Å². The molecule has 2 heterocycles. The maximum Gasteiger partial charge on any atom is 0.410 e. The summed E-state index contributed by atoms with van der Waals surface area (Å²) in [5, 5.41) is 14.0. The first-order valence-corrected chi connectivity index (χ1v) is 7.58. The minimum Gasteiger partial charge on any atom is -0.450 e. The second kappa shape index (κ2) is 6.57. The predicted molar refractivity (Wildman–Crippen MR) is 87.7 cm³/mol. The van der Waals surface area contributed by atoms with E-state index in [-0.39, 0.29) is 11.8 Å². The zero-order valence-corrected chi connectivity index (χ0v) is 13.1. The summed E-state index contributed by atoms with van der Waals surface area (Å²) >= 11 is 0. The molecule has 9 heteroatoms. The Balaban J connectivity index is 1.69. The van der Waals surface area contributed by atoms with Crippen LogP contribution >= 0.6 is 0 Å². The molecule has 1 aliphatic heterocycles. The second-order valence-electron chi connectivity index (χ2n) is 5.29. The Morgan fingerprint density at radius 3 is 3.04 bits per heavy atom. The van der Waals surface area contributed by atoms with E-state index < -0.39 is 4.92 Å². The number of carbonyl (C=O) groups excluding carboxylic acids is 1. The van der Waals surface area contributed by atoms with Crippen LogP contribution in [-0.2, 0) is 4.74 Å². The smallest absolute Gasteiger partial charge is 0.410 e. The fourth-order valence-corrected chi connectivity index (χ4v) is 2.49. The topological polar surface area (TPSA) is 113 Å². The molecule has 24 heavy (non-hydrogen) atoms. The van der Waals surface area contributed by atoms with Crippen molar-refractivity contribution in [3.8, 4) is 0 Å². The second-order valence-corrected chi connectivity index (χ2v) is 5.29. The van der Waals surface area contributed by atoms with E-state index in [0.29, 0.717) is 43.1 Å². The number of nitrogens with zero attached hydrogens (tertiary/aromatic N) is 3. The first-order valence-electron chi connectivity index (χ1n) is 7.58.